The Morgan fingerprint density at radius 3 is 3.07 bits per heavy atom. The molecule has 1 aromatic carbocycles. The lowest BCUT2D eigenvalue weighted by Crippen LogP contribution is -2.28. The standard InChI is InChI=1S/C13H17NO/c1-13-7-10(14(2)8-13)5-9-3-4-11(15)6-12(9)13/h3-4,6,10,15H,5,7-8H2,1-2H3/t10-,13+/m1/s1. The summed E-state index contributed by atoms with van der Waals surface area (Å²) in [6.07, 6.45) is 2.38. The molecule has 15 heavy (non-hydrogen) atoms. The number of rotatable bonds is 0. The summed E-state index contributed by atoms with van der Waals surface area (Å²) in [7, 11) is 2.21. The van der Waals surface area contributed by atoms with Gasteiger partial charge in [0.05, 0.1) is 0 Å². The van der Waals surface area contributed by atoms with Gasteiger partial charge in [0.1, 0.15) is 5.75 Å². The number of likely N-dealkylation sites (N-methyl/N-ethyl adjacent to an activating group) is 1. The Morgan fingerprint density at radius 1 is 1.47 bits per heavy atom. The Balaban J connectivity index is 2.16. The molecule has 0 aromatic heterocycles. The zero-order chi connectivity index (χ0) is 10.6. The van der Waals surface area contributed by atoms with Gasteiger partial charge in [0.2, 0.25) is 0 Å². The molecule has 2 bridgehead atoms. The molecule has 2 heteroatoms. The average molecular weight is 203 g/mol. The second kappa shape index (κ2) is 2.76. The maximum Gasteiger partial charge on any atom is 0.115 e. The third-order valence-corrected chi connectivity index (χ3v) is 4.11. The van der Waals surface area contributed by atoms with E-state index < -0.39 is 0 Å². The molecule has 1 aliphatic carbocycles. The van der Waals surface area contributed by atoms with Crippen LogP contribution in [0, 0.1) is 0 Å². The molecular weight excluding hydrogens is 186 g/mol. The van der Waals surface area contributed by atoms with Crippen molar-refractivity contribution in [3.63, 3.8) is 0 Å². The van der Waals surface area contributed by atoms with Crippen LogP contribution in [0.1, 0.15) is 24.5 Å². The minimum absolute atomic E-state index is 0.256. The fraction of sp³-hybridized carbons (Fsp3) is 0.538. The fourth-order valence-electron chi connectivity index (χ4n) is 3.40. The predicted octanol–water partition coefficient (Wildman–Crippen LogP) is 1.91. The first-order valence-corrected chi connectivity index (χ1v) is 5.61. The Bertz CT molecular complexity index is 411. The number of aromatic hydroxyl groups is 1. The number of phenolic OH excluding ortho intramolecular Hbond substituents is 1. The molecule has 2 atom stereocenters. The van der Waals surface area contributed by atoms with Gasteiger partial charge in [-0.25, -0.2) is 0 Å². The normalized spacial score (nSPS) is 34.1. The quantitative estimate of drug-likeness (QED) is 0.696. The maximum atomic E-state index is 9.58. The molecular formula is C13H17NO. The number of fused-ring (bicyclic) bond motifs is 4. The van der Waals surface area contributed by atoms with Crippen molar-refractivity contribution in [3.05, 3.63) is 29.3 Å². The van der Waals surface area contributed by atoms with E-state index in [0.29, 0.717) is 11.8 Å². The largest absolute Gasteiger partial charge is 0.508 e. The van der Waals surface area contributed by atoms with Gasteiger partial charge in [0, 0.05) is 18.0 Å². The van der Waals surface area contributed by atoms with Crippen molar-refractivity contribution in [2.75, 3.05) is 13.6 Å². The lowest BCUT2D eigenvalue weighted by Gasteiger charge is -2.31. The summed E-state index contributed by atoms with van der Waals surface area (Å²) in [6, 6.07) is 6.57. The summed E-state index contributed by atoms with van der Waals surface area (Å²) in [6.45, 7) is 3.44. The molecule has 1 aliphatic heterocycles. The van der Waals surface area contributed by atoms with E-state index in [1.165, 1.54) is 17.5 Å². The summed E-state index contributed by atoms with van der Waals surface area (Å²) in [5.74, 6) is 0.406. The van der Waals surface area contributed by atoms with Crippen LogP contribution < -0.4 is 0 Å². The van der Waals surface area contributed by atoms with E-state index in [2.05, 4.69) is 24.9 Å². The van der Waals surface area contributed by atoms with Gasteiger partial charge in [-0.05, 0) is 43.1 Å². The molecule has 0 amide bonds. The second-order valence-corrected chi connectivity index (χ2v) is 5.38. The first-order chi connectivity index (χ1) is 7.08. The second-order valence-electron chi connectivity index (χ2n) is 5.38. The van der Waals surface area contributed by atoms with E-state index >= 15 is 0 Å². The van der Waals surface area contributed by atoms with Crippen LogP contribution in [0.3, 0.4) is 0 Å². The minimum Gasteiger partial charge on any atom is -0.508 e. The van der Waals surface area contributed by atoms with Gasteiger partial charge in [-0.1, -0.05) is 13.0 Å². The van der Waals surface area contributed by atoms with Gasteiger partial charge in [-0.3, -0.25) is 0 Å². The van der Waals surface area contributed by atoms with Gasteiger partial charge >= 0.3 is 0 Å². The third kappa shape index (κ3) is 1.21. The molecule has 1 aromatic rings. The van der Waals surface area contributed by atoms with Crippen LogP contribution in [0.15, 0.2) is 18.2 Å². The van der Waals surface area contributed by atoms with Crippen LogP contribution in [0.25, 0.3) is 0 Å². The monoisotopic (exact) mass is 203 g/mol. The van der Waals surface area contributed by atoms with E-state index in [9.17, 15) is 5.11 Å². The molecule has 80 valence electrons. The minimum atomic E-state index is 0.256. The highest BCUT2D eigenvalue weighted by Crippen LogP contribution is 2.45. The first kappa shape index (κ1) is 9.22. The van der Waals surface area contributed by atoms with E-state index in [4.69, 9.17) is 0 Å². The molecule has 0 saturated carbocycles. The smallest absolute Gasteiger partial charge is 0.115 e. The van der Waals surface area contributed by atoms with Crippen molar-refractivity contribution in [2.24, 2.45) is 0 Å². The predicted molar refractivity (Wildman–Crippen MR) is 60.2 cm³/mol. The zero-order valence-electron chi connectivity index (χ0n) is 9.33. The summed E-state index contributed by atoms with van der Waals surface area (Å²) in [4.78, 5) is 2.46. The molecule has 1 N–H and O–H groups in total. The molecule has 3 rings (SSSR count). The molecule has 1 saturated heterocycles. The highest BCUT2D eigenvalue weighted by Gasteiger charge is 2.44. The third-order valence-electron chi connectivity index (χ3n) is 4.11. The summed E-state index contributed by atoms with van der Waals surface area (Å²) in [5, 5.41) is 9.58. The van der Waals surface area contributed by atoms with Crippen molar-refractivity contribution >= 4 is 0 Å². The molecule has 2 nitrogen and oxygen atoms in total. The highest BCUT2D eigenvalue weighted by molar-refractivity contribution is 5.44. The van der Waals surface area contributed by atoms with Crippen LogP contribution in [0.4, 0.5) is 0 Å². The van der Waals surface area contributed by atoms with Crippen molar-refractivity contribution in [1.29, 1.82) is 0 Å². The molecule has 0 radical (unpaired) electrons. The molecule has 0 unspecified atom stereocenters. The van der Waals surface area contributed by atoms with Crippen molar-refractivity contribution in [1.82, 2.24) is 4.90 Å². The first-order valence-electron chi connectivity index (χ1n) is 5.61. The Labute approximate surface area is 90.5 Å². The number of hydrogen-bond donors (Lipinski definition) is 1. The van der Waals surface area contributed by atoms with E-state index in [1.807, 2.05) is 12.1 Å². The Hall–Kier alpha value is -1.02. The topological polar surface area (TPSA) is 23.5 Å². The van der Waals surface area contributed by atoms with Gasteiger partial charge in [0.15, 0.2) is 0 Å². The number of likely N-dealkylation sites (tertiary alicyclic amines) is 1. The summed E-state index contributed by atoms with van der Waals surface area (Å²) in [5.41, 5.74) is 3.05. The fourth-order valence-corrected chi connectivity index (χ4v) is 3.40. The zero-order valence-corrected chi connectivity index (χ0v) is 9.33. The average Bonchev–Trinajstić information content (AvgIpc) is 2.41. The lowest BCUT2D eigenvalue weighted by molar-refractivity contribution is 0.309. The van der Waals surface area contributed by atoms with Gasteiger partial charge in [-0.2, -0.15) is 0 Å². The van der Waals surface area contributed by atoms with Crippen molar-refractivity contribution in [3.8, 4) is 5.75 Å². The summed E-state index contributed by atoms with van der Waals surface area (Å²) < 4.78 is 0. The maximum absolute atomic E-state index is 9.58. The highest BCUT2D eigenvalue weighted by atomic mass is 16.3. The van der Waals surface area contributed by atoms with Gasteiger partial charge in [0.25, 0.3) is 0 Å². The van der Waals surface area contributed by atoms with Crippen molar-refractivity contribution in [2.45, 2.75) is 31.2 Å². The van der Waals surface area contributed by atoms with Crippen LogP contribution in [0.5, 0.6) is 5.75 Å². The Morgan fingerprint density at radius 2 is 2.27 bits per heavy atom. The summed E-state index contributed by atoms with van der Waals surface area (Å²) >= 11 is 0. The van der Waals surface area contributed by atoms with Crippen LogP contribution in [0.2, 0.25) is 0 Å². The number of phenols is 1. The number of hydrogen-bond acceptors (Lipinski definition) is 2. The Kier molecular flexibility index (Phi) is 1.70. The van der Waals surface area contributed by atoms with Crippen molar-refractivity contribution < 1.29 is 5.11 Å². The molecule has 2 aliphatic rings. The van der Waals surface area contributed by atoms with Gasteiger partial charge in [-0.15, -0.1) is 0 Å². The number of nitrogens with zero attached hydrogens (tertiary/aromatic N) is 1. The number of benzene rings is 1. The molecule has 0 spiro atoms. The van der Waals surface area contributed by atoms with E-state index in [0.717, 1.165) is 13.0 Å². The van der Waals surface area contributed by atoms with E-state index in [1.54, 1.807) is 0 Å². The van der Waals surface area contributed by atoms with Crippen LogP contribution in [-0.2, 0) is 11.8 Å². The van der Waals surface area contributed by atoms with Crippen LogP contribution in [-0.4, -0.2) is 29.6 Å². The van der Waals surface area contributed by atoms with E-state index in [-0.39, 0.29) is 5.41 Å². The molecule has 1 fully saturated rings. The molecule has 1 heterocycles. The van der Waals surface area contributed by atoms with Crippen LogP contribution >= 0.6 is 0 Å². The van der Waals surface area contributed by atoms with Gasteiger partial charge < -0.3 is 10.0 Å². The lowest BCUT2D eigenvalue weighted by atomic mass is 9.73. The SMILES string of the molecule is CN1C[C@]2(C)C[C@H]1Cc1ccc(O)cc12.